The van der Waals surface area contributed by atoms with Gasteiger partial charge in [-0.1, -0.05) is 29.5 Å². The van der Waals surface area contributed by atoms with Crippen molar-refractivity contribution in [1.82, 2.24) is 4.98 Å². The van der Waals surface area contributed by atoms with E-state index < -0.39 is 0 Å². The number of carbonyl (C=O) groups is 2. The van der Waals surface area contributed by atoms with Gasteiger partial charge in [0.05, 0.1) is 22.6 Å². The smallest absolute Gasteiger partial charge is 0.262 e. The molecule has 0 radical (unpaired) electrons. The number of fused-ring (bicyclic) bond motifs is 1. The predicted molar refractivity (Wildman–Crippen MR) is 137 cm³/mol. The summed E-state index contributed by atoms with van der Waals surface area (Å²) in [6.45, 7) is 1.77. The van der Waals surface area contributed by atoms with Gasteiger partial charge in [0.1, 0.15) is 11.5 Å². The van der Waals surface area contributed by atoms with E-state index in [1.54, 1.807) is 31.4 Å². The largest absolute Gasteiger partial charge is 0.497 e. The van der Waals surface area contributed by atoms with Crippen LogP contribution in [0.3, 0.4) is 0 Å². The zero-order chi connectivity index (χ0) is 23.9. The van der Waals surface area contributed by atoms with Crippen LogP contribution in [-0.4, -0.2) is 35.8 Å². The van der Waals surface area contributed by atoms with Gasteiger partial charge in [0.2, 0.25) is 5.91 Å². The van der Waals surface area contributed by atoms with Gasteiger partial charge in [-0.25, -0.2) is 4.98 Å². The third-order valence-corrected chi connectivity index (χ3v) is 6.80. The predicted octanol–water partition coefficient (Wildman–Crippen LogP) is 5.44. The molecule has 0 fully saturated rings. The van der Waals surface area contributed by atoms with Crippen LogP contribution in [0.5, 0.6) is 11.5 Å². The van der Waals surface area contributed by atoms with Crippen LogP contribution in [-0.2, 0) is 9.59 Å². The van der Waals surface area contributed by atoms with E-state index in [-0.39, 0.29) is 23.7 Å². The van der Waals surface area contributed by atoms with E-state index in [1.807, 2.05) is 55.5 Å². The number of anilines is 2. The fraction of sp³-hybridized carbons (Fsp3) is 0.160. The van der Waals surface area contributed by atoms with Crippen molar-refractivity contribution in [2.45, 2.75) is 17.1 Å². The van der Waals surface area contributed by atoms with Gasteiger partial charge in [-0.15, -0.1) is 11.8 Å². The van der Waals surface area contributed by atoms with Crippen LogP contribution >= 0.6 is 23.1 Å². The molecule has 3 aromatic carbocycles. The Hall–Kier alpha value is -3.56. The summed E-state index contributed by atoms with van der Waals surface area (Å²) < 4.78 is 11.6. The molecule has 174 valence electrons. The Bertz CT molecular complexity index is 1280. The maximum Gasteiger partial charge on any atom is 0.262 e. The topological polar surface area (TPSA) is 89.5 Å². The first-order chi connectivity index (χ1) is 16.5. The van der Waals surface area contributed by atoms with E-state index in [2.05, 4.69) is 15.6 Å². The Labute approximate surface area is 205 Å². The van der Waals surface area contributed by atoms with E-state index in [0.29, 0.717) is 16.6 Å². The number of thiazole rings is 1. The molecular formula is C25H23N3O4S2. The van der Waals surface area contributed by atoms with Gasteiger partial charge < -0.3 is 20.1 Å². The van der Waals surface area contributed by atoms with Crippen molar-refractivity contribution in [2.75, 3.05) is 24.4 Å². The van der Waals surface area contributed by atoms with Gasteiger partial charge in [0.25, 0.3) is 5.91 Å². The van der Waals surface area contributed by atoms with E-state index in [1.165, 1.54) is 23.1 Å². The number of nitrogens with one attached hydrogen (secondary N) is 2. The van der Waals surface area contributed by atoms with Crippen LogP contribution in [0.15, 0.2) is 77.7 Å². The lowest BCUT2D eigenvalue weighted by molar-refractivity contribution is -0.118. The minimum absolute atomic E-state index is 0.0731. The number of thioether (sulfide) groups is 1. The van der Waals surface area contributed by atoms with Gasteiger partial charge in [-0.3, -0.25) is 9.59 Å². The molecule has 1 atom stereocenters. The number of hydrogen-bond acceptors (Lipinski definition) is 7. The molecule has 2 N–H and O–H groups in total. The van der Waals surface area contributed by atoms with Gasteiger partial charge >= 0.3 is 0 Å². The Morgan fingerprint density at radius 2 is 1.76 bits per heavy atom. The van der Waals surface area contributed by atoms with Crippen LogP contribution in [0.25, 0.3) is 10.2 Å². The van der Waals surface area contributed by atoms with Crippen molar-refractivity contribution in [3.8, 4) is 11.5 Å². The highest BCUT2D eigenvalue weighted by Crippen LogP contribution is 2.30. The first-order valence-electron chi connectivity index (χ1n) is 10.5. The molecule has 1 aromatic heterocycles. The highest BCUT2D eigenvalue weighted by Gasteiger charge is 2.17. The number of methoxy groups -OCH3 is 1. The number of para-hydroxylation sites is 1. The lowest BCUT2D eigenvalue weighted by Gasteiger charge is -2.11. The highest BCUT2D eigenvalue weighted by atomic mass is 32.2. The average molecular weight is 494 g/mol. The van der Waals surface area contributed by atoms with Crippen molar-refractivity contribution >= 4 is 55.9 Å². The lowest BCUT2D eigenvalue weighted by Crippen LogP contribution is -2.22. The number of aromatic nitrogens is 1. The standard InChI is InChI=1S/C25H23N3O4S2/c1-16(24(30)28-25-27-21-13-10-19(31-2)14-22(21)34-25)33-20-11-8-17(9-12-20)26-23(29)15-32-18-6-4-3-5-7-18/h3-14,16H,15H2,1-2H3,(H,26,29)(H,27,28,30). The summed E-state index contributed by atoms with van der Waals surface area (Å²) in [5.41, 5.74) is 1.47. The quantitative estimate of drug-likeness (QED) is 0.302. The first-order valence-corrected chi connectivity index (χ1v) is 12.2. The van der Waals surface area contributed by atoms with Gasteiger partial charge in [-0.2, -0.15) is 0 Å². The van der Waals surface area contributed by atoms with Gasteiger partial charge in [-0.05, 0) is 61.5 Å². The van der Waals surface area contributed by atoms with Crippen LogP contribution < -0.4 is 20.1 Å². The van der Waals surface area contributed by atoms with Gasteiger partial charge in [0.15, 0.2) is 11.7 Å². The minimum atomic E-state index is -0.332. The zero-order valence-corrected chi connectivity index (χ0v) is 20.2. The summed E-state index contributed by atoms with van der Waals surface area (Å²) in [5, 5.41) is 5.91. The SMILES string of the molecule is COc1ccc2nc(NC(=O)C(C)Sc3ccc(NC(=O)COc4ccccc4)cc3)sc2c1. The summed E-state index contributed by atoms with van der Waals surface area (Å²) in [6.07, 6.45) is 0. The number of hydrogen-bond donors (Lipinski definition) is 2. The van der Waals surface area contributed by atoms with Crippen molar-refractivity contribution in [3.63, 3.8) is 0 Å². The molecule has 1 unspecified atom stereocenters. The van der Waals surface area contributed by atoms with E-state index in [0.717, 1.165) is 20.9 Å². The Morgan fingerprint density at radius 3 is 2.50 bits per heavy atom. The van der Waals surface area contributed by atoms with E-state index in [4.69, 9.17) is 9.47 Å². The molecule has 0 aliphatic heterocycles. The fourth-order valence-corrected chi connectivity index (χ4v) is 4.79. The Kier molecular flexibility index (Phi) is 7.66. The van der Waals surface area contributed by atoms with E-state index >= 15 is 0 Å². The van der Waals surface area contributed by atoms with Crippen molar-refractivity contribution < 1.29 is 19.1 Å². The van der Waals surface area contributed by atoms with Crippen molar-refractivity contribution in [2.24, 2.45) is 0 Å². The molecule has 2 amide bonds. The number of amides is 2. The maximum atomic E-state index is 12.7. The monoisotopic (exact) mass is 493 g/mol. The zero-order valence-electron chi connectivity index (χ0n) is 18.6. The summed E-state index contributed by atoms with van der Waals surface area (Å²) in [7, 11) is 1.62. The van der Waals surface area contributed by atoms with Crippen molar-refractivity contribution in [3.05, 3.63) is 72.8 Å². The first kappa shape index (κ1) is 23.6. The summed E-state index contributed by atoms with van der Waals surface area (Å²) in [4.78, 5) is 30.1. The molecule has 0 saturated heterocycles. The minimum Gasteiger partial charge on any atom is -0.497 e. The second kappa shape index (κ2) is 11.0. The molecule has 9 heteroatoms. The molecule has 0 aliphatic carbocycles. The highest BCUT2D eigenvalue weighted by molar-refractivity contribution is 8.00. The Morgan fingerprint density at radius 1 is 1.00 bits per heavy atom. The van der Waals surface area contributed by atoms with Crippen LogP contribution in [0, 0.1) is 0 Å². The molecule has 0 spiro atoms. The summed E-state index contributed by atoms with van der Waals surface area (Å²) >= 11 is 2.83. The molecule has 34 heavy (non-hydrogen) atoms. The second-order valence-electron chi connectivity index (χ2n) is 7.28. The van der Waals surface area contributed by atoms with Crippen LogP contribution in [0.2, 0.25) is 0 Å². The molecule has 1 heterocycles. The molecule has 0 bridgehead atoms. The molecule has 4 aromatic rings. The third-order valence-electron chi connectivity index (χ3n) is 4.76. The third kappa shape index (κ3) is 6.27. The number of nitrogens with zero attached hydrogens (tertiary/aromatic N) is 1. The molecule has 7 nitrogen and oxygen atoms in total. The second-order valence-corrected chi connectivity index (χ2v) is 9.72. The summed E-state index contributed by atoms with van der Waals surface area (Å²) in [6, 6.07) is 22.1. The van der Waals surface area contributed by atoms with Crippen LogP contribution in [0.1, 0.15) is 6.92 Å². The molecule has 0 saturated carbocycles. The van der Waals surface area contributed by atoms with Gasteiger partial charge in [0, 0.05) is 10.6 Å². The fourth-order valence-electron chi connectivity index (χ4n) is 3.03. The number of ether oxygens (including phenoxy) is 2. The molecular weight excluding hydrogens is 470 g/mol. The molecule has 0 aliphatic rings. The Balaban J connectivity index is 1.27. The lowest BCUT2D eigenvalue weighted by atomic mass is 10.3. The van der Waals surface area contributed by atoms with E-state index in [9.17, 15) is 9.59 Å². The normalized spacial score (nSPS) is 11.6. The maximum absolute atomic E-state index is 12.7. The number of rotatable bonds is 9. The molecule has 4 rings (SSSR count). The summed E-state index contributed by atoms with van der Waals surface area (Å²) in [5.74, 6) is 1.01. The number of carbonyl (C=O) groups excluding carboxylic acids is 2. The number of benzene rings is 3. The average Bonchev–Trinajstić information content (AvgIpc) is 3.26. The van der Waals surface area contributed by atoms with Crippen LogP contribution in [0.4, 0.5) is 10.8 Å². The van der Waals surface area contributed by atoms with Crippen molar-refractivity contribution in [1.29, 1.82) is 0 Å².